The van der Waals surface area contributed by atoms with Gasteiger partial charge in [-0.2, -0.15) is 0 Å². The second kappa shape index (κ2) is 5.38. The molecule has 104 valence electrons. The van der Waals surface area contributed by atoms with E-state index in [1.165, 1.54) is 22.5 Å². The summed E-state index contributed by atoms with van der Waals surface area (Å²) in [6.45, 7) is 0. The van der Waals surface area contributed by atoms with Crippen LogP contribution in [0.2, 0.25) is 0 Å². The molecule has 0 saturated heterocycles. The Morgan fingerprint density at radius 1 is 1.35 bits per heavy atom. The maximum absolute atomic E-state index is 12.5. The molecule has 0 spiro atoms. The van der Waals surface area contributed by atoms with Crippen molar-refractivity contribution < 1.29 is 4.79 Å². The summed E-state index contributed by atoms with van der Waals surface area (Å²) in [5, 5.41) is 1.95. The van der Waals surface area contributed by atoms with Gasteiger partial charge in [-0.3, -0.25) is 4.79 Å². The molecule has 1 aliphatic carbocycles. The number of benzene rings is 1. The van der Waals surface area contributed by atoms with E-state index in [2.05, 4.69) is 18.2 Å². The van der Waals surface area contributed by atoms with Crippen molar-refractivity contribution in [2.45, 2.75) is 24.9 Å². The minimum absolute atomic E-state index is 0.00541. The maximum atomic E-state index is 12.5. The minimum Gasteiger partial charge on any atom is -0.337 e. The van der Waals surface area contributed by atoms with Gasteiger partial charge in [-0.25, -0.2) is 0 Å². The third kappa shape index (κ3) is 2.25. The summed E-state index contributed by atoms with van der Waals surface area (Å²) in [4.78, 5) is 15.3. The second-order valence-corrected chi connectivity index (χ2v) is 6.17. The predicted molar refractivity (Wildman–Crippen MR) is 81.5 cm³/mol. The lowest BCUT2D eigenvalue weighted by Gasteiger charge is -2.27. The summed E-state index contributed by atoms with van der Waals surface area (Å²) in [5.41, 5.74) is 8.71. The van der Waals surface area contributed by atoms with Gasteiger partial charge in [0.2, 0.25) is 5.91 Å². The molecule has 20 heavy (non-hydrogen) atoms. The molecule has 1 amide bonds. The highest BCUT2D eigenvalue weighted by Gasteiger charge is 2.31. The van der Waals surface area contributed by atoms with Crippen molar-refractivity contribution in [1.82, 2.24) is 4.90 Å². The topological polar surface area (TPSA) is 46.3 Å². The Bertz CT molecular complexity index is 609. The van der Waals surface area contributed by atoms with Crippen molar-refractivity contribution in [3.63, 3.8) is 0 Å². The predicted octanol–water partition coefficient (Wildman–Crippen LogP) is 2.89. The van der Waals surface area contributed by atoms with E-state index in [0.29, 0.717) is 0 Å². The number of amides is 1. The number of thiophene rings is 1. The van der Waals surface area contributed by atoms with E-state index >= 15 is 0 Å². The monoisotopic (exact) mass is 286 g/mol. The molecule has 1 aliphatic rings. The number of carbonyl (C=O) groups excluding carboxylic acids is 1. The van der Waals surface area contributed by atoms with Gasteiger partial charge in [-0.15, -0.1) is 11.3 Å². The third-order valence-electron chi connectivity index (χ3n) is 4.03. The van der Waals surface area contributed by atoms with Gasteiger partial charge in [-0.1, -0.05) is 30.3 Å². The van der Waals surface area contributed by atoms with Gasteiger partial charge in [0, 0.05) is 11.9 Å². The van der Waals surface area contributed by atoms with E-state index in [-0.39, 0.29) is 11.9 Å². The minimum atomic E-state index is -0.548. The van der Waals surface area contributed by atoms with E-state index in [0.717, 1.165) is 17.7 Å². The van der Waals surface area contributed by atoms with Crippen LogP contribution in [0.25, 0.3) is 0 Å². The van der Waals surface area contributed by atoms with E-state index in [4.69, 9.17) is 5.73 Å². The van der Waals surface area contributed by atoms with E-state index in [1.54, 1.807) is 0 Å². The zero-order valence-electron chi connectivity index (χ0n) is 11.5. The molecule has 0 radical (unpaired) electrons. The Kier molecular flexibility index (Phi) is 3.59. The molecule has 0 aliphatic heterocycles. The quantitative estimate of drug-likeness (QED) is 0.943. The van der Waals surface area contributed by atoms with Crippen molar-refractivity contribution in [3.05, 3.63) is 57.8 Å². The lowest BCUT2D eigenvalue weighted by Crippen LogP contribution is -2.37. The molecule has 2 atom stereocenters. The van der Waals surface area contributed by atoms with Crippen LogP contribution in [-0.4, -0.2) is 17.9 Å². The molecule has 0 bridgehead atoms. The molecule has 1 heterocycles. The largest absolute Gasteiger partial charge is 0.337 e. The Morgan fingerprint density at radius 2 is 2.15 bits per heavy atom. The molecule has 2 unspecified atom stereocenters. The fraction of sp³-hybridized carbons (Fsp3) is 0.312. The second-order valence-electron chi connectivity index (χ2n) is 5.20. The van der Waals surface area contributed by atoms with Gasteiger partial charge in [-0.05, 0) is 35.4 Å². The average Bonchev–Trinajstić information content (AvgIpc) is 3.14. The zero-order chi connectivity index (χ0) is 14.1. The fourth-order valence-corrected chi connectivity index (χ4v) is 3.62. The number of hydrogen-bond donors (Lipinski definition) is 1. The van der Waals surface area contributed by atoms with Gasteiger partial charge in [0.05, 0.1) is 6.04 Å². The number of rotatable bonds is 3. The molecule has 1 aromatic carbocycles. The summed E-state index contributed by atoms with van der Waals surface area (Å²) in [6.07, 6.45) is 2.02. The Labute approximate surface area is 123 Å². The first kappa shape index (κ1) is 13.3. The number of carbonyl (C=O) groups is 1. The van der Waals surface area contributed by atoms with Crippen molar-refractivity contribution in [2.24, 2.45) is 5.73 Å². The first-order valence-electron chi connectivity index (χ1n) is 6.82. The summed E-state index contributed by atoms with van der Waals surface area (Å²) in [6, 6.07) is 11.8. The molecule has 3 rings (SSSR count). The lowest BCUT2D eigenvalue weighted by atomic mass is 10.1. The van der Waals surface area contributed by atoms with E-state index < -0.39 is 6.04 Å². The smallest absolute Gasteiger partial charge is 0.245 e. The summed E-state index contributed by atoms with van der Waals surface area (Å²) >= 11 is 1.53. The standard InChI is InChI=1S/C16H18N2OS/c1-18(16(19)15(17)14-7-4-10-20-14)13-9-8-11-5-2-3-6-12(11)13/h2-7,10,13,15H,8-9,17H2,1H3. The van der Waals surface area contributed by atoms with Crippen LogP contribution in [0, 0.1) is 0 Å². The lowest BCUT2D eigenvalue weighted by molar-refractivity contribution is -0.133. The van der Waals surface area contributed by atoms with E-state index in [9.17, 15) is 4.79 Å². The molecule has 0 fully saturated rings. The Morgan fingerprint density at radius 3 is 2.90 bits per heavy atom. The van der Waals surface area contributed by atoms with Gasteiger partial charge >= 0.3 is 0 Å². The Hall–Kier alpha value is -1.65. The number of nitrogens with zero attached hydrogens (tertiary/aromatic N) is 1. The fourth-order valence-electron chi connectivity index (χ4n) is 2.90. The van der Waals surface area contributed by atoms with Crippen LogP contribution in [0.3, 0.4) is 0 Å². The van der Waals surface area contributed by atoms with Gasteiger partial charge in [0.15, 0.2) is 0 Å². The van der Waals surface area contributed by atoms with Crippen molar-refractivity contribution in [1.29, 1.82) is 0 Å². The molecular formula is C16H18N2OS. The zero-order valence-corrected chi connectivity index (χ0v) is 12.3. The van der Waals surface area contributed by atoms with Crippen LogP contribution in [0.4, 0.5) is 0 Å². The van der Waals surface area contributed by atoms with Crippen molar-refractivity contribution >= 4 is 17.2 Å². The maximum Gasteiger partial charge on any atom is 0.245 e. The van der Waals surface area contributed by atoms with Gasteiger partial charge in [0.1, 0.15) is 6.04 Å². The van der Waals surface area contributed by atoms with E-state index in [1.807, 2.05) is 35.5 Å². The van der Waals surface area contributed by atoms with Crippen LogP contribution in [-0.2, 0) is 11.2 Å². The summed E-state index contributed by atoms with van der Waals surface area (Å²) in [5.74, 6) is -0.00541. The molecule has 4 heteroatoms. The van der Waals surface area contributed by atoms with Gasteiger partial charge < -0.3 is 10.6 Å². The number of hydrogen-bond acceptors (Lipinski definition) is 3. The van der Waals surface area contributed by atoms with Crippen LogP contribution in [0.1, 0.15) is 34.5 Å². The number of fused-ring (bicyclic) bond motifs is 1. The van der Waals surface area contributed by atoms with Crippen molar-refractivity contribution in [2.75, 3.05) is 7.05 Å². The molecule has 3 nitrogen and oxygen atoms in total. The number of aryl methyl sites for hydroxylation is 1. The molecule has 1 aromatic heterocycles. The molecular weight excluding hydrogens is 268 g/mol. The molecule has 0 saturated carbocycles. The number of nitrogens with two attached hydrogens (primary N) is 1. The highest BCUT2D eigenvalue weighted by Crippen LogP contribution is 2.35. The molecule has 2 N–H and O–H groups in total. The normalized spacial score (nSPS) is 18.6. The number of likely N-dealkylation sites (N-methyl/N-ethyl adjacent to an activating group) is 1. The van der Waals surface area contributed by atoms with Gasteiger partial charge in [0.25, 0.3) is 0 Å². The van der Waals surface area contributed by atoms with Crippen LogP contribution < -0.4 is 5.73 Å². The third-order valence-corrected chi connectivity index (χ3v) is 4.99. The summed E-state index contributed by atoms with van der Waals surface area (Å²) < 4.78 is 0. The first-order chi connectivity index (χ1) is 9.68. The Balaban J connectivity index is 1.80. The van der Waals surface area contributed by atoms with Crippen LogP contribution >= 0.6 is 11.3 Å². The summed E-state index contributed by atoms with van der Waals surface area (Å²) in [7, 11) is 1.86. The average molecular weight is 286 g/mol. The SMILES string of the molecule is CN(C(=O)C(N)c1cccs1)C1CCc2ccccc21. The van der Waals surface area contributed by atoms with Crippen molar-refractivity contribution in [3.8, 4) is 0 Å². The highest BCUT2D eigenvalue weighted by molar-refractivity contribution is 7.10. The van der Waals surface area contributed by atoms with Crippen LogP contribution in [0.5, 0.6) is 0 Å². The highest BCUT2D eigenvalue weighted by atomic mass is 32.1. The van der Waals surface area contributed by atoms with Crippen LogP contribution in [0.15, 0.2) is 41.8 Å². The molecule has 2 aromatic rings. The first-order valence-corrected chi connectivity index (χ1v) is 7.70.